The van der Waals surface area contributed by atoms with Gasteiger partial charge >= 0.3 is 0 Å². The van der Waals surface area contributed by atoms with E-state index in [1.807, 2.05) is 24.3 Å². The highest BCUT2D eigenvalue weighted by Crippen LogP contribution is 2.28. The van der Waals surface area contributed by atoms with Gasteiger partial charge in [0.05, 0.1) is 7.11 Å². The number of hydrogen-bond donors (Lipinski definition) is 2. The van der Waals surface area contributed by atoms with Gasteiger partial charge in [-0.05, 0) is 24.1 Å². The molecule has 22 heavy (non-hydrogen) atoms. The van der Waals surface area contributed by atoms with Crippen molar-refractivity contribution in [3.8, 4) is 11.5 Å². The largest absolute Gasteiger partial charge is 0.493 e. The van der Waals surface area contributed by atoms with E-state index < -0.39 is 0 Å². The van der Waals surface area contributed by atoms with E-state index in [1.54, 1.807) is 7.11 Å². The van der Waals surface area contributed by atoms with Crippen LogP contribution in [0.5, 0.6) is 11.5 Å². The molecule has 1 aromatic carbocycles. The molecule has 1 saturated heterocycles. The van der Waals surface area contributed by atoms with Crippen LogP contribution >= 0.6 is 12.4 Å². The van der Waals surface area contributed by atoms with Crippen molar-refractivity contribution >= 4 is 18.3 Å². The van der Waals surface area contributed by atoms with E-state index in [2.05, 4.69) is 17.2 Å². The predicted molar refractivity (Wildman–Crippen MR) is 89.0 cm³/mol. The molecule has 5 nitrogen and oxygen atoms in total. The number of rotatable bonds is 8. The summed E-state index contributed by atoms with van der Waals surface area (Å²) >= 11 is 0. The molecule has 1 aliphatic heterocycles. The lowest BCUT2D eigenvalue weighted by molar-refractivity contribution is -0.123. The lowest BCUT2D eigenvalue weighted by atomic mass is 10.0. The Morgan fingerprint density at radius 3 is 2.82 bits per heavy atom. The second-order valence-corrected chi connectivity index (χ2v) is 5.10. The number of hydrogen-bond acceptors (Lipinski definition) is 4. The zero-order valence-electron chi connectivity index (χ0n) is 12.8. The molecule has 0 aliphatic carbocycles. The van der Waals surface area contributed by atoms with Gasteiger partial charge in [0.2, 0.25) is 0 Å². The lowest BCUT2D eigenvalue weighted by Gasteiger charge is -2.27. The summed E-state index contributed by atoms with van der Waals surface area (Å²) in [5.74, 6) is 1.64. The van der Waals surface area contributed by atoms with Crippen molar-refractivity contribution in [2.45, 2.75) is 6.42 Å². The molecule has 1 amide bonds. The number of benzene rings is 1. The topological polar surface area (TPSA) is 59.6 Å². The van der Waals surface area contributed by atoms with Crippen molar-refractivity contribution in [3.05, 3.63) is 36.4 Å². The minimum Gasteiger partial charge on any atom is -0.493 e. The van der Waals surface area contributed by atoms with Crippen LogP contribution in [-0.4, -0.2) is 39.3 Å². The van der Waals surface area contributed by atoms with Crippen LogP contribution in [-0.2, 0) is 11.2 Å². The molecular weight excluding hydrogens is 304 g/mol. The lowest BCUT2D eigenvalue weighted by Crippen LogP contribution is -2.48. The molecular formula is C16H23ClN2O3. The monoisotopic (exact) mass is 326 g/mol. The van der Waals surface area contributed by atoms with Crippen LogP contribution in [0.1, 0.15) is 5.56 Å². The van der Waals surface area contributed by atoms with Crippen molar-refractivity contribution in [2.24, 2.45) is 5.92 Å². The second-order valence-electron chi connectivity index (χ2n) is 5.10. The van der Waals surface area contributed by atoms with E-state index in [0.29, 0.717) is 24.0 Å². The Kier molecular flexibility index (Phi) is 7.77. The summed E-state index contributed by atoms with van der Waals surface area (Å²) in [5, 5.41) is 6.03. The number of amides is 1. The summed E-state index contributed by atoms with van der Waals surface area (Å²) in [6, 6.07) is 5.66. The fourth-order valence-corrected chi connectivity index (χ4v) is 2.07. The minimum atomic E-state index is -0.112. The smallest absolute Gasteiger partial charge is 0.257 e. The summed E-state index contributed by atoms with van der Waals surface area (Å²) in [5.41, 5.74) is 1.09. The predicted octanol–water partition coefficient (Wildman–Crippen LogP) is 1.56. The van der Waals surface area contributed by atoms with Crippen LogP contribution in [0.2, 0.25) is 0 Å². The first-order chi connectivity index (χ1) is 10.2. The van der Waals surface area contributed by atoms with Crippen LogP contribution in [0.25, 0.3) is 0 Å². The van der Waals surface area contributed by atoms with Crippen molar-refractivity contribution in [1.82, 2.24) is 10.6 Å². The Bertz CT molecular complexity index is 504. The summed E-state index contributed by atoms with van der Waals surface area (Å²) in [6.07, 6.45) is 2.60. The van der Waals surface area contributed by atoms with Gasteiger partial charge in [-0.3, -0.25) is 4.79 Å². The van der Waals surface area contributed by atoms with Gasteiger partial charge in [-0.1, -0.05) is 12.1 Å². The maximum atomic E-state index is 11.7. The highest BCUT2D eigenvalue weighted by atomic mass is 35.5. The number of halogens is 1. The first-order valence-electron chi connectivity index (χ1n) is 7.11. The summed E-state index contributed by atoms with van der Waals surface area (Å²) in [7, 11) is 1.59. The standard InChI is InChI=1S/C16H22N2O3.ClH/c1-3-4-12-5-6-14(15(7-12)20-2)21-11-16(19)18-10-13-8-17-9-13;/h3,5-7,13,17H,1,4,8-11H2,2H3,(H,18,19);1H. The quantitative estimate of drug-likeness (QED) is 0.712. The average molecular weight is 327 g/mol. The molecule has 0 radical (unpaired) electrons. The maximum absolute atomic E-state index is 11.7. The summed E-state index contributed by atoms with van der Waals surface area (Å²) in [4.78, 5) is 11.7. The molecule has 2 N–H and O–H groups in total. The van der Waals surface area contributed by atoms with E-state index in [4.69, 9.17) is 9.47 Å². The van der Waals surface area contributed by atoms with Crippen molar-refractivity contribution in [1.29, 1.82) is 0 Å². The molecule has 0 spiro atoms. The third-order valence-electron chi connectivity index (χ3n) is 3.42. The maximum Gasteiger partial charge on any atom is 0.257 e. The third kappa shape index (κ3) is 5.24. The molecule has 0 saturated carbocycles. The Balaban J connectivity index is 0.00000242. The number of carbonyl (C=O) groups excluding carboxylic acids is 1. The van der Waals surface area contributed by atoms with Gasteiger partial charge in [0, 0.05) is 25.6 Å². The number of ether oxygens (including phenoxy) is 2. The highest BCUT2D eigenvalue weighted by molar-refractivity contribution is 5.85. The van der Waals surface area contributed by atoms with Gasteiger partial charge in [-0.25, -0.2) is 0 Å². The summed E-state index contributed by atoms with van der Waals surface area (Å²) < 4.78 is 10.8. The van der Waals surface area contributed by atoms with Crippen molar-refractivity contribution in [3.63, 3.8) is 0 Å². The first-order valence-corrected chi connectivity index (χ1v) is 7.11. The molecule has 1 aromatic rings. The van der Waals surface area contributed by atoms with Crippen molar-refractivity contribution in [2.75, 3.05) is 33.4 Å². The summed E-state index contributed by atoms with van der Waals surface area (Å²) in [6.45, 7) is 6.35. The molecule has 122 valence electrons. The minimum absolute atomic E-state index is 0. The Morgan fingerprint density at radius 1 is 1.45 bits per heavy atom. The highest BCUT2D eigenvalue weighted by Gasteiger charge is 2.17. The number of allylic oxidation sites excluding steroid dienone is 1. The molecule has 1 fully saturated rings. The Morgan fingerprint density at radius 2 is 2.23 bits per heavy atom. The van der Waals surface area contributed by atoms with Gasteiger partial charge in [0.15, 0.2) is 18.1 Å². The molecule has 1 heterocycles. The normalized spacial score (nSPS) is 13.5. The van der Waals surface area contributed by atoms with Crippen LogP contribution in [0.4, 0.5) is 0 Å². The van der Waals surface area contributed by atoms with E-state index >= 15 is 0 Å². The molecule has 0 unspecified atom stereocenters. The van der Waals surface area contributed by atoms with Crippen LogP contribution in [0.15, 0.2) is 30.9 Å². The SMILES string of the molecule is C=CCc1ccc(OCC(=O)NCC2CNC2)c(OC)c1.Cl. The van der Waals surface area contributed by atoms with Crippen molar-refractivity contribution < 1.29 is 14.3 Å². The zero-order valence-corrected chi connectivity index (χ0v) is 13.6. The van der Waals surface area contributed by atoms with Crippen LogP contribution in [0, 0.1) is 5.92 Å². The molecule has 0 bridgehead atoms. The first kappa shape index (κ1) is 18.3. The molecule has 1 aliphatic rings. The molecule has 2 rings (SSSR count). The third-order valence-corrected chi connectivity index (χ3v) is 3.42. The number of methoxy groups -OCH3 is 1. The van der Waals surface area contributed by atoms with Gasteiger partial charge in [0.1, 0.15) is 0 Å². The van der Waals surface area contributed by atoms with Gasteiger partial charge in [-0.2, -0.15) is 0 Å². The number of nitrogens with one attached hydrogen (secondary N) is 2. The average Bonchev–Trinajstić information content (AvgIpc) is 2.44. The fourth-order valence-electron chi connectivity index (χ4n) is 2.07. The number of carbonyl (C=O) groups is 1. The van der Waals surface area contributed by atoms with Gasteiger partial charge in [-0.15, -0.1) is 19.0 Å². The Labute approximate surface area is 137 Å². The van der Waals surface area contributed by atoms with E-state index in [-0.39, 0.29) is 24.9 Å². The van der Waals surface area contributed by atoms with Crippen LogP contribution in [0.3, 0.4) is 0 Å². The van der Waals surface area contributed by atoms with Gasteiger partial charge in [0.25, 0.3) is 5.91 Å². The molecule has 6 heteroatoms. The van der Waals surface area contributed by atoms with Gasteiger partial charge < -0.3 is 20.1 Å². The molecule has 0 atom stereocenters. The van der Waals surface area contributed by atoms with E-state index in [1.165, 1.54) is 0 Å². The van der Waals surface area contributed by atoms with Crippen LogP contribution < -0.4 is 20.1 Å². The second kappa shape index (κ2) is 9.33. The van der Waals surface area contributed by atoms with E-state index in [0.717, 1.165) is 25.1 Å². The fraction of sp³-hybridized carbons (Fsp3) is 0.438. The Hall–Kier alpha value is -1.72. The molecule has 0 aromatic heterocycles. The zero-order chi connectivity index (χ0) is 15.1. The van der Waals surface area contributed by atoms with E-state index in [9.17, 15) is 4.79 Å².